The van der Waals surface area contributed by atoms with E-state index in [2.05, 4.69) is 11.8 Å². The molecule has 2 aromatic rings. The summed E-state index contributed by atoms with van der Waals surface area (Å²) >= 11 is 0. The van der Waals surface area contributed by atoms with E-state index >= 15 is 0 Å². The molecule has 0 bridgehead atoms. The molecule has 28 heavy (non-hydrogen) atoms. The minimum absolute atomic E-state index is 0.119. The van der Waals surface area contributed by atoms with E-state index in [9.17, 15) is 4.79 Å². The number of cyclic esters (lactones) is 1. The standard InChI is InChI=1S/C22H20O6/c1-24-17-9-6-14(7-10-17)5-8-15-13-28-22(23)20(15)16-11-18(25-2)21(27-4)19(12-16)26-3/h6-7,9-12H,13H2,1-4H3. The first kappa shape index (κ1) is 19.2. The molecule has 1 aliphatic heterocycles. The van der Waals surface area contributed by atoms with Gasteiger partial charge in [0.2, 0.25) is 5.75 Å². The molecular weight excluding hydrogens is 360 g/mol. The second-order valence-corrected chi connectivity index (χ2v) is 5.82. The first-order valence-electron chi connectivity index (χ1n) is 8.48. The Morgan fingerprint density at radius 2 is 1.50 bits per heavy atom. The zero-order chi connectivity index (χ0) is 20.1. The van der Waals surface area contributed by atoms with Crippen molar-refractivity contribution < 1.29 is 28.5 Å². The highest BCUT2D eigenvalue weighted by atomic mass is 16.5. The van der Waals surface area contributed by atoms with Crippen molar-refractivity contribution in [2.24, 2.45) is 0 Å². The van der Waals surface area contributed by atoms with Crippen molar-refractivity contribution in [3.05, 3.63) is 53.1 Å². The van der Waals surface area contributed by atoms with Gasteiger partial charge >= 0.3 is 5.97 Å². The third kappa shape index (κ3) is 3.74. The predicted molar refractivity (Wildman–Crippen MR) is 104 cm³/mol. The van der Waals surface area contributed by atoms with E-state index in [1.54, 1.807) is 19.2 Å². The molecule has 0 saturated carbocycles. The maximum atomic E-state index is 12.4. The SMILES string of the molecule is COc1ccc(C#CC2=C(c3cc(OC)c(OC)c(OC)c3)C(=O)OC2)cc1. The zero-order valence-corrected chi connectivity index (χ0v) is 16.1. The van der Waals surface area contributed by atoms with Crippen LogP contribution in [0.4, 0.5) is 0 Å². The van der Waals surface area contributed by atoms with E-state index in [1.165, 1.54) is 21.3 Å². The minimum atomic E-state index is -0.437. The molecule has 2 aromatic carbocycles. The van der Waals surface area contributed by atoms with Crippen LogP contribution in [0.1, 0.15) is 11.1 Å². The number of methoxy groups -OCH3 is 4. The number of carbonyl (C=O) groups is 1. The Morgan fingerprint density at radius 3 is 2.04 bits per heavy atom. The first-order valence-corrected chi connectivity index (χ1v) is 8.48. The lowest BCUT2D eigenvalue weighted by atomic mass is 10.0. The van der Waals surface area contributed by atoms with Crippen LogP contribution in [0, 0.1) is 11.8 Å². The number of rotatable bonds is 5. The third-order valence-corrected chi connectivity index (χ3v) is 4.25. The van der Waals surface area contributed by atoms with Gasteiger partial charge in [0.05, 0.1) is 39.6 Å². The molecule has 3 rings (SSSR count). The van der Waals surface area contributed by atoms with Crippen molar-refractivity contribution in [3.63, 3.8) is 0 Å². The van der Waals surface area contributed by atoms with Gasteiger partial charge in [-0.15, -0.1) is 0 Å². The Bertz CT molecular complexity index is 951. The molecule has 0 amide bonds. The Kier molecular flexibility index (Phi) is 5.75. The summed E-state index contributed by atoms with van der Waals surface area (Å²) in [6.45, 7) is 0.119. The Hall–Kier alpha value is -3.59. The average molecular weight is 380 g/mol. The molecule has 0 fully saturated rings. The fourth-order valence-corrected chi connectivity index (χ4v) is 2.84. The minimum Gasteiger partial charge on any atom is -0.497 e. The number of carbonyl (C=O) groups excluding carboxylic acids is 1. The molecule has 0 N–H and O–H groups in total. The summed E-state index contributed by atoms with van der Waals surface area (Å²) in [7, 11) is 6.17. The summed E-state index contributed by atoms with van der Waals surface area (Å²) in [4.78, 5) is 12.4. The first-order chi connectivity index (χ1) is 13.6. The fourth-order valence-electron chi connectivity index (χ4n) is 2.84. The second-order valence-electron chi connectivity index (χ2n) is 5.82. The van der Waals surface area contributed by atoms with Gasteiger partial charge in [-0.3, -0.25) is 0 Å². The van der Waals surface area contributed by atoms with Crippen LogP contribution in [0.15, 0.2) is 42.0 Å². The van der Waals surface area contributed by atoms with Gasteiger partial charge in [0, 0.05) is 5.56 Å². The van der Waals surface area contributed by atoms with Gasteiger partial charge in [-0.1, -0.05) is 11.8 Å². The molecule has 6 heteroatoms. The summed E-state index contributed by atoms with van der Waals surface area (Å²) in [6, 6.07) is 10.8. The highest BCUT2D eigenvalue weighted by molar-refractivity contribution is 6.20. The van der Waals surface area contributed by atoms with Crippen molar-refractivity contribution in [2.45, 2.75) is 0 Å². The molecule has 0 aromatic heterocycles. The maximum Gasteiger partial charge on any atom is 0.340 e. The predicted octanol–water partition coefficient (Wildman–Crippen LogP) is 3.08. The molecule has 0 aliphatic carbocycles. The van der Waals surface area contributed by atoms with Gasteiger partial charge in [0.25, 0.3) is 0 Å². The van der Waals surface area contributed by atoms with Crippen LogP contribution in [-0.4, -0.2) is 41.0 Å². The Balaban J connectivity index is 2.05. The van der Waals surface area contributed by atoms with Crippen LogP contribution in [0.25, 0.3) is 5.57 Å². The number of esters is 1. The van der Waals surface area contributed by atoms with Crippen molar-refractivity contribution in [2.75, 3.05) is 35.0 Å². The third-order valence-electron chi connectivity index (χ3n) is 4.25. The van der Waals surface area contributed by atoms with Crippen LogP contribution < -0.4 is 18.9 Å². The normalized spacial score (nSPS) is 12.8. The molecule has 0 spiro atoms. The highest BCUT2D eigenvalue weighted by Gasteiger charge is 2.27. The van der Waals surface area contributed by atoms with Gasteiger partial charge in [0.15, 0.2) is 11.5 Å². The average Bonchev–Trinajstić information content (AvgIpc) is 3.11. The van der Waals surface area contributed by atoms with E-state index in [1.807, 2.05) is 24.3 Å². The lowest BCUT2D eigenvalue weighted by Gasteiger charge is -2.14. The topological polar surface area (TPSA) is 63.2 Å². The largest absolute Gasteiger partial charge is 0.497 e. The quantitative estimate of drug-likeness (QED) is 0.587. The van der Waals surface area contributed by atoms with E-state index in [0.29, 0.717) is 34.0 Å². The summed E-state index contributed by atoms with van der Waals surface area (Å²) in [5, 5.41) is 0. The number of benzene rings is 2. The van der Waals surface area contributed by atoms with Crippen molar-refractivity contribution in [1.82, 2.24) is 0 Å². The summed E-state index contributed by atoms with van der Waals surface area (Å²) < 4.78 is 26.4. The van der Waals surface area contributed by atoms with E-state index < -0.39 is 5.97 Å². The summed E-state index contributed by atoms with van der Waals surface area (Å²) in [6.07, 6.45) is 0. The maximum absolute atomic E-state index is 12.4. The van der Waals surface area contributed by atoms with E-state index in [0.717, 1.165) is 11.3 Å². The highest BCUT2D eigenvalue weighted by Crippen LogP contribution is 2.41. The van der Waals surface area contributed by atoms with Gasteiger partial charge in [-0.2, -0.15) is 0 Å². The van der Waals surface area contributed by atoms with Crippen LogP contribution in [0.5, 0.6) is 23.0 Å². The number of hydrogen-bond acceptors (Lipinski definition) is 6. The summed E-state index contributed by atoms with van der Waals surface area (Å²) in [5.74, 6) is 7.77. The van der Waals surface area contributed by atoms with Crippen molar-refractivity contribution in [1.29, 1.82) is 0 Å². The molecule has 0 atom stereocenters. The Labute approximate surface area is 163 Å². The van der Waals surface area contributed by atoms with Crippen LogP contribution >= 0.6 is 0 Å². The summed E-state index contributed by atoms with van der Waals surface area (Å²) in [5.41, 5.74) is 2.38. The van der Waals surface area contributed by atoms with Crippen LogP contribution in [0.2, 0.25) is 0 Å². The Morgan fingerprint density at radius 1 is 0.857 bits per heavy atom. The van der Waals surface area contributed by atoms with Crippen LogP contribution in [-0.2, 0) is 9.53 Å². The molecule has 1 aliphatic rings. The van der Waals surface area contributed by atoms with Crippen molar-refractivity contribution in [3.8, 4) is 34.8 Å². The zero-order valence-electron chi connectivity index (χ0n) is 16.1. The molecule has 6 nitrogen and oxygen atoms in total. The van der Waals surface area contributed by atoms with Gasteiger partial charge in [-0.25, -0.2) is 4.79 Å². The molecule has 0 radical (unpaired) electrons. The molecule has 1 heterocycles. The smallest absolute Gasteiger partial charge is 0.340 e. The molecule has 0 unspecified atom stereocenters. The van der Waals surface area contributed by atoms with Crippen molar-refractivity contribution >= 4 is 11.5 Å². The lowest BCUT2D eigenvalue weighted by molar-refractivity contribution is -0.134. The van der Waals surface area contributed by atoms with Gasteiger partial charge < -0.3 is 23.7 Å². The van der Waals surface area contributed by atoms with Gasteiger partial charge in [0.1, 0.15) is 12.4 Å². The number of ether oxygens (including phenoxy) is 5. The fraction of sp³-hybridized carbons (Fsp3) is 0.227. The van der Waals surface area contributed by atoms with Crippen LogP contribution in [0.3, 0.4) is 0 Å². The lowest BCUT2D eigenvalue weighted by Crippen LogP contribution is -2.01. The monoisotopic (exact) mass is 380 g/mol. The molecule has 144 valence electrons. The molecular formula is C22H20O6. The molecule has 0 saturated heterocycles. The van der Waals surface area contributed by atoms with Gasteiger partial charge in [-0.05, 0) is 42.0 Å². The number of hydrogen-bond donors (Lipinski definition) is 0. The van der Waals surface area contributed by atoms with E-state index in [-0.39, 0.29) is 6.61 Å². The van der Waals surface area contributed by atoms with E-state index in [4.69, 9.17) is 23.7 Å². The second kappa shape index (κ2) is 8.40.